The van der Waals surface area contributed by atoms with E-state index in [9.17, 15) is 14.0 Å². The van der Waals surface area contributed by atoms with Crippen molar-refractivity contribution in [1.82, 2.24) is 9.88 Å². The van der Waals surface area contributed by atoms with Crippen molar-refractivity contribution in [2.45, 2.75) is 32.0 Å². The number of hydrogen-bond acceptors (Lipinski definition) is 7. The third kappa shape index (κ3) is 5.98. The summed E-state index contributed by atoms with van der Waals surface area (Å²) in [6, 6.07) is 17.3. The number of benzene rings is 3. The van der Waals surface area contributed by atoms with Crippen LogP contribution in [-0.2, 0) is 16.0 Å². The van der Waals surface area contributed by atoms with Gasteiger partial charge >= 0.3 is 5.97 Å². The zero-order chi connectivity index (χ0) is 27.5. The van der Waals surface area contributed by atoms with E-state index in [0.717, 1.165) is 11.1 Å². The van der Waals surface area contributed by atoms with Gasteiger partial charge in [-0.15, -0.1) is 0 Å². The molecule has 39 heavy (non-hydrogen) atoms. The third-order valence-corrected chi connectivity index (χ3v) is 6.97. The average molecular weight is 552 g/mol. The first-order valence-electron chi connectivity index (χ1n) is 12.5. The largest absolute Gasteiger partial charge is 0.491 e. The number of amides is 1. The average Bonchev–Trinajstić information content (AvgIpc) is 3.52. The number of aromatic nitrogens is 1. The van der Waals surface area contributed by atoms with E-state index in [1.165, 1.54) is 12.0 Å². The van der Waals surface area contributed by atoms with Crippen molar-refractivity contribution in [1.29, 1.82) is 0 Å². The number of fused-ring (bicyclic) bond motifs is 1. The Morgan fingerprint density at radius 1 is 1.18 bits per heavy atom. The number of ether oxygens (including phenoxy) is 2. The molecule has 1 amide bonds. The fraction of sp³-hybridized carbons (Fsp3) is 0.276. The first-order chi connectivity index (χ1) is 18.8. The van der Waals surface area contributed by atoms with Gasteiger partial charge in [-0.25, -0.2) is 9.18 Å². The molecule has 0 radical (unpaired) electrons. The second-order valence-corrected chi connectivity index (χ2v) is 9.82. The Bertz CT molecular complexity index is 1510. The molecule has 1 aromatic heterocycles. The summed E-state index contributed by atoms with van der Waals surface area (Å²) in [6.45, 7) is 2.11. The van der Waals surface area contributed by atoms with Crippen LogP contribution in [0.15, 0.2) is 65.1 Å². The number of nitrogens with one attached hydrogen (secondary N) is 1. The Morgan fingerprint density at radius 2 is 1.97 bits per heavy atom. The standard InChI is InChI=1S/C29H27ClFN3O5/c1-17-4-3-5-25-27(17)33-29(39-25)32-24-11-6-18(12-23(24)30)13-26(35)34-15-20(31)14-21(34)16-38-22-9-7-19(8-10-22)28(36)37-2/h3-12,20-21H,13-16H2,1-2H3,(H,32,33)/t20-,21-/m0/s1. The summed E-state index contributed by atoms with van der Waals surface area (Å²) in [5, 5.41) is 3.49. The topological polar surface area (TPSA) is 93.9 Å². The lowest BCUT2D eigenvalue weighted by atomic mass is 10.1. The summed E-state index contributed by atoms with van der Waals surface area (Å²) < 4.78 is 30.6. The molecule has 0 unspecified atom stereocenters. The van der Waals surface area contributed by atoms with Crippen LogP contribution in [0.3, 0.4) is 0 Å². The second kappa shape index (κ2) is 11.3. The number of para-hydroxylation sites is 1. The van der Waals surface area contributed by atoms with Crippen molar-refractivity contribution >= 4 is 46.3 Å². The fourth-order valence-electron chi connectivity index (χ4n) is 4.62. The van der Waals surface area contributed by atoms with E-state index < -0.39 is 18.2 Å². The summed E-state index contributed by atoms with van der Waals surface area (Å²) in [5.41, 5.74) is 4.13. The number of methoxy groups -OCH3 is 1. The number of aryl methyl sites for hydroxylation is 1. The SMILES string of the molecule is COC(=O)c1ccc(OC[C@@H]2C[C@H](F)CN2C(=O)Cc2ccc(Nc3nc4c(C)cccc4o3)c(Cl)c2)cc1. The lowest BCUT2D eigenvalue weighted by Crippen LogP contribution is -2.40. The zero-order valence-electron chi connectivity index (χ0n) is 21.4. The molecule has 0 saturated carbocycles. The molecule has 1 aliphatic rings. The molecule has 2 atom stereocenters. The second-order valence-electron chi connectivity index (χ2n) is 9.42. The number of oxazole rings is 1. The summed E-state index contributed by atoms with van der Waals surface area (Å²) in [5.74, 6) is -0.142. The molecule has 0 bridgehead atoms. The molecule has 0 spiro atoms. The van der Waals surface area contributed by atoms with Crippen molar-refractivity contribution in [2.24, 2.45) is 0 Å². The van der Waals surface area contributed by atoms with E-state index in [2.05, 4.69) is 15.0 Å². The van der Waals surface area contributed by atoms with Gasteiger partial charge in [0.05, 0.1) is 42.4 Å². The Kier molecular flexibility index (Phi) is 7.70. The van der Waals surface area contributed by atoms with Gasteiger partial charge in [-0.1, -0.05) is 29.8 Å². The molecule has 8 nitrogen and oxygen atoms in total. The summed E-state index contributed by atoms with van der Waals surface area (Å²) >= 11 is 6.50. The van der Waals surface area contributed by atoms with Crippen LogP contribution in [0, 0.1) is 6.92 Å². The van der Waals surface area contributed by atoms with Crippen LogP contribution < -0.4 is 10.1 Å². The zero-order valence-corrected chi connectivity index (χ0v) is 22.2. The van der Waals surface area contributed by atoms with Crippen LogP contribution in [0.4, 0.5) is 16.1 Å². The molecule has 1 aliphatic heterocycles. The molecular weight excluding hydrogens is 525 g/mol. The molecule has 4 aromatic rings. The fourth-order valence-corrected chi connectivity index (χ4v) is 4.87. The number of carbonyl (C=O) groups is 2. The highest BCUT2D eigenvalue weighted by molar-refractivity contribution is 6.33. The molecule has 10 heteroatoms. The highest BCUT2D eigenvalue weighted by atomic mass is 35.5. The maximum absolute atomic E-state index is 14.3. The number of rotatable bonds is 8. The number of anilines is 2. The highest BCUT2D eigenvalue weighted by Gasteiger charge is 2.35. The van der Waals surface area contributed by atoms with Gasteiger partial charge in [0.15, 0.2) is 5.58 Å². The van der Waals surface area contributed by atoms with Crippen LogP contribution in [-0.4, -0.2) is 54.2 Å². The van der Waals surface area contributed by atoms with Crippen molar-refractivity contribution in [3.8, 4) is 5.75 Å². The van der Waals surface area contributed by atoms with E-state index in [-0.39, 0.29) is 31.9 Å². The molecular formula is C29H27ClFN3O5. The summed E-state index contributed by atoms with van der Waals surface area (Å²) in [6.07, 6.45) is -0.863. The van der Waals surface area contributed by atoms with E-state index in [0.29, 0.717) is 39.2 Å². The molecule has 5 rings (SSSR count). The van der Waals surface area contributed by atoms with Crippen molar-refractivity contribution in [3.05, 3.63) is 82.4 Å². The van der Waals surface area contributed by atoms with Gasteiger partial charge in [-0.3, -0.25) is 4.79 Å². The van der Waals surface area contributed by atoms with Gasteiger partial charge in [0.25, 0.3) is 6.01 Å². The van der Waals surface area contributed by atoms with Crippen molar-refractivity contribution in [3.63, 3.8) is 0 Å². The molecule has 2 heterocycles. The Balaban J connectivity index is 1.21. The highest BCUT2D eigenvalue weighted by Crippen LogP contribution is 2.30. The van der Waals surface area contributed by atoms with Crippen molar-refractivity contribution in [2.75, 3.05) is 25.6 Å². The molecule has 202 valence electrons. The first kappa shape index (κ1) is 26.5. The smallest absolute Gasteiger partial charge is 0.337 e. The molecule has 1 fully saturated rings. The minimum atomic E-state index is -1.13. The molecule has 1 saturated heterocycles. The van der Waals surface area contributed by atoms with Crippen LogP contribution in [0.1, 0.15) is 27.9 Å². The molecule has 3 aromatic carbocycles. The van der Waals surface area contributed by atoms with E-state index in [1.54, 1.807) is 42.5 Å². The number of halogens is 2. The minimum Gasteiger partial charge on any atom is -0.491 e. The maximum atomic E-state index is 14.3. The molecule has 1 N–H and O–H groups in total. The quantitative estimate of drug-likeness (QED) is 0.273. The van der Waals surface area contributed by atoms with Gasteiger partial charge < -0.3 is 24.1 Å². The Labute approximate surface area is 229 Å². The van der Waals surface area contributed by atoms with Crippen molar-refractivity contribution < 1.29 is 27.9 Å². The minimum absolute atomic E-state index is 0.0125. The number of esters is 1. The van der Waals surface area contributed by atoms with Gasteiger partial charge in [0, 0.05) is 6.42 Å². The first-order valence-corrected chi connectivity index (χ1v) is 12.8. The van der Waals surface area contributed by atoms with E-state index in [1.807, 2.05) is 25.1 Å². The maximum Gasteiger partial charge on any atom is 0.337 e. The van der Waals surface area contributed by atoms with Crippen LogP contribution in [0.2, 0.25) is 5.02 Å². The van der Waals surface area contributed by atoms with Gasteiger partial charge in [0.1, 0.15) is 24.0 Å². The Morgan fingerprint density at radius 3 is 2.69 bits per heavy atom. The van der Waals surface area contributed by atoms with Gasteiger partial charge in [-0.05, 0) is 60.5 Å². The predicted molar refractivity (Wildman–Crippen MR) is 145 cm³/mol. The predicted octanol–water partition coefficient (Wildman–Crippen LogP) is 5.88. The number of hydrogen-bond donors (Lipinski definition) is 1. The lowest BCUT2D eigenvalue weighted by molar-refractivity contribution is -0.132. The monoisotopic (exact) mass is 551 g/mol. The summed E-state index contributed by atoms with van der Waals surface area (Å²) in [7, 11) is 1.31. The van der Waals surface area contributed by atoms with Crippen LogP contribution >= 0.6 is 11.6 Å². The lowest BCUT2D eigenvalue weighted by Gasteiger charge is -2.24. The number of carbonyl (C=O) groups excluding carboxylic acids is 2. The normalized spacial score (nSPS) is 16.9. The number of nitrogens with zero attached hydrogens (tertiary/aromatic N) is 2. The molecule has 0 aliphatic carbocycles. The Hall–Kier alpha value is -4.11. The van der Waals surface area contributed by atoms with E-state index >= 15 is 0 Å². The number of likely N-dealkylation sites (tertiary alicyclic amines) is 1. The number of alkyl halides is 1. The van der Waals surface area contributed by atoms with Gasteiger partial charge in [0.2, 0.25) is 5.91 Å². The van der Waals surface area contributed by atoms with Crippen LogP contribution in [0.5, 0.6) is 5.75 Å². The third-order valence-electron chi connectivity index (χ3n) is 6.65. The van der Waals surface area contributed by atoms with E-state index in [4.69, 9.17) is 20.8 Å². The summed E-state index contributed by atoms with van der Waals surface area (Å²) in [4.78, 5) is 30.7. The van der Waals surface area contributed by atoms with Crippen LogP contribution in [0.25, 0.3) is 11.1 Å². The van der Waals surface area contributed by atoms with Gasteiger partial charge in [-0.2, -0.15) is 4.98 Å².